The van der Waals surface area contributed by atoms with E-state index >= 15 is 0 Å². The number of nitrogens with one attached hydrogen (secondary N) is 1. The lowest BCUT2D eigenvalue weighted by Crippen LogP contribution is -2.28. The number of hydrogen-bond acceptors (Lipinski definition) is 2. The standard InChI is InChI=1S/C20H29NO2/c1-3-4-14-23-19-11-8-17(9-12-19)10-13-20(22)21-15-18-7-5-6-16(18)2/h8-13,16,18H,3-7,14-15H2,1-2H3,(H,21,22). The number of carbonyl (C=O) groups excluding carboxylic acids is 1. The Morgan fingerprint density at radius 1 is 1.30 bits per heavy atom. The maximum Gasteiger partial charge on any atom is 0.244 e. The minimum Gasteiger partial charge on any atom is -0.494 e. The van der Waals surface area contributed by atoms with Gasteiger partial charge in [0, 0.05) is 12.6 Å². The van der Waals surface area contributed by atoms with Gasteiger partial charge in [0.1, 0.15) is 5.75 Å². The zero-order chi connectivity index (χ0) is 16.5. The molecule has 2 rings (SSSR count). The minimum absolute atomic E-state index is 0.00706. The van der Waals surface area contributed by atoms with Crippen LogP contribution in [0.3, 0.4) is 0 Å². The van der Waals surface area contributed by atoms with Gasteiger partial charge in [-0.15, -0.1) is 0 Å². The number of ether oxygens (including phenoxy) is 1. The SMILES string of the molecule is CCCCOc1ccc(C=CC(=O)NCC2CCCC2C)cc1. The summed E-state index contributed by atoms with van der Waals surface area (Å²) >= 11 is 0. The van der Waals surface area contributed by atoms with Crippen molar-refractivity contribution >= 4 is 12.0 Å². The average molecular weight is 315 g/mol. The Morgan fingerprint density at radius 3 is 2.74 bits per heavy atom. The van der Waals surface area contributed by atoms with Crippen LogP contribution in [0.2, 0.25) is 0 Å². The maximum atomic E-state index is 11.9. The molecule has 0 aromatic heterocycles. The molecule has 3 nitrogen and oxygen atoms in total. The van der Waals surface area contributed by atoms with Crippen LogP contribution in [0.5, 0.6) is 5.75 Å². The van der Waals surface area contributed by atoms with Crippen LogP contribution in [-0.2, 0) is 4.79 Å². The fraction of sp³-hybridized carbons (Fsp3) is 0.550. The smallest absolute Gasteiger partial charge is 0.244 e. The van der Waals surface area contributed by atoms with E-state index in [1.165, 1.54) is 19.3 Å². The zero-order valence-corrected chi connectivity index (χ0v) is 14.4. The number of rotatable bonds is 8. The topological polar surface area (TPSA) is 38.3 Å². The third-order valence-electron chi connectivity index (χ3n) is 4.65. The van der Waals surface area contributed by atoms with Crippen LogP contribution >= 0.6 is 0 Å². The number of benzene rings is 1. The summed E-state index contributed by atoms with van der Waals surface area (Å²) in [5, 5.41) is 3.02. The first-order chi connectivity index (χ1) is 11.2. The van der Waals surface area contributed by atoms with Crippen molar-refractivity contribution in [2.45, 2.75) is 46.0 Å². The average Bonchev–Trinajstić information content (AvgIpc) is 2.97. The van der Waals surface area contributed by atoms with Gasteiger partial charge in [-0.1, -0.05) is 45.2 Å². The third-order valence-corrected chi connectivity index (χ3v) is 4.65. The van der Waals surface area contributed by atoms with E-state index in [1.807, 2.05) is 30.3 Å². The van der Waals surface area contributed by atoms with Crippen molar-refractivity contribution in [2.24, 2.45) is 11.8 Å². The summed E-state index contributed by atoms with van der Waals surface area (Å²) in [5.41, 5.74) is 1.01. The Hall–Kier alpha value is -1.77. The first kappa shape index (κ1) is 17.6. The molecule has 1 aromatic rings. The molecule has 1 aromatic carbocycles. The predicted molar refractivity (Wildman–Crippen MR) is 95.4 cm³/mol. The largest absolute Gasteiger partial charge is 0.494 e. The molecule has 1 aliphatic rings. The Balaban J connectivity index is 1.74. The molecule has 1 N–H and O–H groups in total. The second-order valence-electron chi connectivity index (χ2n) is 6.52. The van der Waals surface area contributed by atoms with Gasteiger partial charge in [-0.05, 0) is 48.4 Å². The van der Waals surface area contributed by atoms with Crippen LogP contribution in [0.1, 0.15) is 51.5 Å². The first-order valence-corrected chi connectivity index (χ1v) is 8.88. The summed E-state index contributed by atoms with van der Waals surface area (Å²) in [4.78, 5) is 11.9. The van der Waals surface area contributed by atoms with Crippen LogP contribution in [0.15, 0.2) is 30.3 Å². The lowest BCUT2D eigenvalue weighted by atomic mass is 9.98. The number of unbranched alkanes of at least 4 members (excludes halogenated alkanes) is 1. The molecule has 2 atom stereocenters. The Bertz CT molecular complexity index is 507. The molecule has 1 fully saturated rings. The van der Waals surface area contributed by atoms with Gasteiger partial charge in [-0.2, -0.15) is 0 Å². The molecule has 0 spiro atoms. The summed E-state index contributed by atoms with van der Waals surface area (Å²) in [6.45, 7) is 5.99. The summed E-state index contributed by atoms with van der Waals surface area (Å²) in [6, 6.07) is 7.86. The van der Waals surface area contributed by atoms with Crippen molar-refractivity contribution in [3.63, 3.8) is 0 Å². The quantitative estimate of drug-likeness (QED) is 0.569. The molecule has 0 heterocycles. The predicted octanol–water partition coefficient (Wildman–Crippen LogP) is 4.43. The fourth-order valence-electron chi connectivity index (χ4n) is 3.00. The Morgan fingerprint density at radius 2 is 2.09 bits per heavy atom. The van der Waals surface area contributed by atoms with Crippen LogP contribution in [0.4, 0.5) is 0 Å². The molecule has 0 radical (unpaired) electrons. The molecule has 0 bridgehead atoms. The van der Waals surface area contributed by atoms with E-state index in [2.05, 4.69) is 19.2 Å². The molecule has 1 amide bonds. The molecule has 23 heavy (non-hydrogen) atoms. The molecule has 2 unspecified atom stereocenters. The van der Waals surface area contributed by atoms with Crippen molar-refractivity contribution in [1.82, 2.24) is 5.32 Å². The molecule has 1 saturated carbocycles. The number of amides is 1. The van der Waals surface area contributed by atoms with Crippen molar-refractivity contribution in [3.05, 3.63) is 35.9 Å². The van der Waals surface area contributed by atoms with Gasteiger partial charge in [-0.25, -0.2) is 0 Å². The number of hydrogen-bond donors (Lipinski definition) is 1. The highest BCUT2D eigenvalue weighted by Gasteiger charge is 2.23. The van der Waals surface area contributed by atoms with Gasteiger partial charge in [0.15, 0.2) is 0 Å². The summed E-state index contributed by atoms with van der Waals surface area (Å²) in [7, 11) is 0. The van der Waals surface area contributed by atoms with Crippen molar-refractivity contribution in [3.8, 4) is 5.75 Å². The highest BCUT2D eigenvalue weighted by Crippen LogP contribution is 2.30. The van der Waals surface area contributed by atoms with Crippen LogP contribution < -0.4 is 10.1 Å². The lowest BCUT2D eigenvalue weighted by Gasteiger charge is -2.14. The van der Waals surface area contributed by atoms with E-state index in [4.69, 9.17) is 4.74 Å². The van der Waals surface area contributed by atoms with E-state index in [0.29, 0.717) is 5.92 Å². The third kappa shape index (κ3) is 6.09. The van der Waals surface area contributed by atoms with Gasteiger partial charge < -0.3 is 10.1 Å². The van der Waals surface area contributed by atoms with Crippen LogP contribution in [-0.4, -0.2) is 19.1 Å². The first-order valence-electron chi connectivity index (χ1n) is 8.88. The molecular weight excluding hydrogens is 286 g/mol. The van der Waals surface area contributed by atoms with E-state index in [0.717, 1.165) is 43.2 Å². The molecule has 1 aliphatic carbocycles. The molecule has 3 heteroatoms. The van der Waals surface area contributed by atoms with E-state index in [1.54, 1.807) is 6.08 Å². The van der Waals surface area contributed by atoms with Gasteiger partial charge in [0.05, 0.1) is 6.61 Å². The van der Waals surface area contributed by atoms with Crippen LogP contribution in [0, 0.1) is 11.8 Å². The molecular formula is C20H29NO2. The van der Waals surface area contributed by atoms with E-state index in [9.17, 15) is 4.79 Å². The molecule has 0 aliphatic heterocycles. The zero-order valence-electron chi connectivity index (χ0n) is 14.4. The van der Waals surface area contributed by atoms with E-state index in [-0.39, 0.29) is 5.91 Å². The highest BCUT2D eigenvalue weighted by atomic mass is 16.5. The molecule has 0 saturated heterocycles. The Labute approximate surface area is 140 Å². The van der Waals surface area contributed by atoms with Crippen molar-refractivity contribution in [1.29, 1.82) is 0 Å². The minimum atomic E-state index is -0.00706. The normalized spacial score (nSPS) is 20.8. The maximum absolute atomic E-state index is 11.9. The van der Waals surface area contributed by atoms with Gasteiger partial charge in [-0.3, -0.25) is 4.79 Å². The molecule has 126 valence electrons. The van der Waals surface area contributed by atoms with Gasteiger partial charge >= 0.3 is 0 Å². The van der Waals surface area contributed by atoms with Gasteiger partial charge in [0.25, 0.3) is 0 Å². The number of carbonyl (C=O) groups is 1. The van der Waals surface area contributed by atoms with E-state index < -0.39 is 0 Å². The summed E-state index contributed by atoms with van der Waals surface area (Å²) in [6.07, 6.45) is 9.50. The Kier molecular flexibility index (Phi) is 7.18. The summed E-state index contributed by atoms with van der Waals surface area (Å²) < 4.78 is 5.63. The fourth-order valence-corrected chi connectivity index (χ4v) is 3.00. The van der Waals surface area contributed by atoms with Crippen molar-refractivity contribution in [2.75, 3.05) is 13.2 Å². The second-order valence-corrected chi connectivity index (χ2v) is 6.52. The van der Waals surface area contributed by atoms with Crippen molar-refractivity contribution < 1.29 is 9.53 Å². The highest BCUT2D eigenvalue weighted by molar-refractivity contribution is 5.91. The van der Waals surface area contributed by atoms with Crippen LogP contribution in [0.25, 0.3) is 6.08 Å². The lowest BCUT2D eigenvalue weighted by molar-refractivity contribution is -0.116. The van der Waals surface area contributed by atoms with Gasteiger partial charge in [0.2, 0.25) is 5.91 Å². The summed E-state index contributed by atoms with van der Waals surface area (Å²) in [5.74, 6) is 2.26. The second kappa shape index (κ2) is 9.39. The monoisotopic (exact) mass is 315 g/mol.